The average Bonchev–Trinajstić information content (AvgIpc) is 2.79. The molecule has 1 rings (SSSR count). The summed E-state index contributed by atoms with van der Waals surface area (Å²) in [4.78, 5) is 0. The molecule has 0 spiro atoms. The van der Waals surface area contributed by atoms with Crippen LogP contribution in [0.1, 0.15) is 53.2 Å². The van der Waals surface area contributed by atoms with E-state index in [1.807, 2.05) is 6.20 Å². The zero-order valence-electron chi connectivity index (χ0n) is 14.0. The van der Waals surface area contributed by atoms with Crippen LogP contribution in [0.5, 0.6) is 5.75 Å². The quantitative estimate of drug-likeness (QED) is 0.706. The molecule has 1 heterocycles. The molecule has 0 fully saturated rings. The predicted octanol–water partition coefficient (Wildman–Crippen LogP) is 3.22. The van der Waals surface area contributed by atoms with Gasteiger partial charge < -0.3 is 10.1 Å². The minimum Gasteiger partial charge on any atom is -0.493 e. The minimum atomic E-state index is 0.0565. The van der Waals surface area contributed by atoms with Gasteiger partial charge in [-0.15, -0.1) is 0 Å². The van der Waals surface area contributed by atoms with Crippen molar-refractivity contribution in [1.29, 1.82) is 0 Å². The van der Waals surface area contributed by atoms with Gasteiger partial charge in [0.25, 0.3) is 0 Å². The first-order valence-corrected chi connectivity index (χ1v) is 7.73. The number of hydrogen-bond acceptors (Lipinski definition) is 3. The van der Waals surface area contributed by atoms with Crippen molar-refractivity contribution in [2.45, 2.75) is 59.4 Å². The second kappa shape index (κ2) is 7.67. The molecule has 116 valence electrons. The Labute approximate surface area is 123 Å². The summed E-state index contributed by atoms with van der Waals surface area (Å²) >= 11 is 0. The highest BCUT2D eigenvalue weighted by Crippen LogP contribution is 2.34. The molecule has 0 unspecified atom stereocenters. The number of methoxy groups -OCH3 is 1. The van der Waals surface area contributed by atoms with Crippen LogP contribution in [-0.4, -0.2) is 30.0 Å². The Morgan fingerprint density at radius 3 is 2.65 bits per heavy atom. The van der Waals surface area contributed by atoms with Crippen LogP contribution >= 0.6 is 0 Å². The van der Waals surface area contributed by atoms with Crippen molar-refractivity contribution >= 4 is 0 Å². The van der Waals surface area contributed by atoms with Crippen molar-refractivity contribution in [3.63, 3.8) is 0 Å². The van der Waals surface area contributed by atoms with Crippen LogP contribution in [0.15, 0.2) is 6.20 Å². The molecule has 0 amide bonds. The van der Waals surface area contributed by atoms with Gasteiger partial charge in [0.2, 0.25) is 0 Å². The number of nitrogens with one attached hydrogen (secondary N) is 1. The van der Waals surface area contributed by atoms with Crippen molar-refractivity contribution in [2.75, 3.05) is 20.2 Å². The summed E-state index contributed by atoms with van der Waals surface area (Å²) in [6, 6.07) is 0. The molecule has 4 nitrogen and oxygen atoms in total. The van der Waals surface area contributed by atoms with Crippen molar-refractivity contribution in [1.82, 2.24) is 15.1 Å². The second-order valence-corrected chi connectivity index (χ2v) is 6.52. The van der Waals surface area contributed by atoms with Gasteiger partial charge in [-0.1, -0.05) is 34.6 Å². The molecule has 0 saturated carbocycles. The largest absolute Gasteiger partial charge is 0.493 e. The summed E-state index contributed by atoms with van der Waals surface area (Å²) in [5, 5.41) is 7.99. The fourth-order valence-electron chi connectivity index (χ4n) is 2.49. The van der Waals surface area contributed by atoms with E-state index in [1.54, 1.807) is 7.11 Å². The third-order valence-corrected chi connectivity index (χ3v) is 3.58. The standard InChI is InChI=1S/C16H31N3O/c1-7-10-19-15(14(20-6)12-18-19)16(4,5)8-9-17-11-13(2)3/h12-13,17H,7-11H2,1-6H3. The third kappa shape index (κ3) is 4.51. The Balaban J connectivity index is 2.76. The van der Waals surface area contributed by atoms with E-state index in [1.165, 1.54) is 5.69 Å². The first-order valence-electron chi connectivity index (χ1n) is 7.73. The Morgan fingerprint density at radius 2 is 2.10 bits per heavy atom. The van der Waals surface area contributed by atoms with Gasteiger partial charge in [-0.05, 0) is 31.8 Å². The van der Waals surface area contributed by atoms with Crippen LogP contribution in [0.3, 0.4) is 0 Å². The molecule has 0 bridgehead atoms. The molecule has 0 atom stereocenters. The molecular weight excluding hydrogens is 250 g/mol. The van der Waals surface area contributed by atoms with E-state index >= 15 is 0 Å². The van der Waals surface area contributed by atoms with Crippen LogP contribution in [0.25, 0.3) is 0 Å². The summed E-state index contributed by atoms with van der Waals surface area (Å²) in [6.07, 6.45) is 4.00. The maximum Gasteiger partial charge on any atom is 0.160 e. The maximum atomic E-state index is 5.50. The van der Waals surface area contributed by atoms with Crippen LogP contribution in [0, 0.1) is 5.92 Å². The highest BCUT2D eigenvalue weighted by Gasteiger charge is 2.28. The van der Waals surface area contributed by atoms with Crippen LogP contribution in [-0.2, 0) is 12.0 Å². The first kappa shape index (κ1) is 17.0. The molecule has 1 aromatic heterocycles. The molecule has 20 heavy (non-hydrogen) atoms. The topological polar surface area (TPSA) is 39.1 Å². The molecule has 0 aliphatic carbocycles. The Kier molecular flexibility index (Phi) is 6.53. The molecule has 0 saturated heterocycles. The Hall–Kier alpha value is -1.03. The highest BCUT2D eigenvalue weighted by molar-refractivity contribution is 5.31. The highest BCUT2D eigenvalue weighted by atomic mass is 16.5. The molecule has 1 aromatic rings. The van der Waals surface area contributed by atoms with E-state index in [0.717, 1.165) is 38.2 Å². The maximum absolute atomic E-state index is 5.50. The van der Waals surface area contributed by atoms with Gasteiger partial charge in [0.05, 0.1) is 19.0 Å². The van der Waals surface area contributed by atoms with Gasteiger partial charge in [-0.2, -0.15) is 5.10 Å². The van der Waals surface area contributed by atoms with Crippen molar-refractivity contribution in [3.05, 3.63) is 11.9 Å². The lowest BCUT2D eigenvalue weighted by molar-refractivity contribution is 0.361. The van der Waals surface area contributed by atoms with E-state index in [0.29, 0.717) is 5.92 Å². The normalized spacial score (nSPS) is 12.2. The lowest BCUT2D eigenvalue weighted by Crippen LogP contribution is -2.30. The number of hydrogen-bond donors (Lipinski definition) is 1. The Bertz CT molecular complexity index is 396. The van der Waals surface area contributed by atoms with Crippen molar-refractivity contribution in [3.8, 4) is 5.75 Å². The number of aryl methyl sites for hydroxylation is 1. The number of aromatic nitrogens is 2. The van der Waals surface area contributed by atoms with Crippen molar-refractivity contribution in [2.24, 2.45) is 5.92 Å². The molecule has 0 aliphatic heterocycles. The number of nitrogens with zero attached hydrogens (tertiary/aromatic N) is 2. The summed E-state index contributed by atoms with van der Waals surface area (Å²) in [5.41, 5.74) is 1.27. The van der Waals surface area contributed by atoms with Gasteiger partial charge in [0, 0.05) is 12.0 Å². The van der Waals surface area contributed by atoms with Gasteiger partial charge in [-0.3, -0.25) is 4.68 Å². The van der Waals surface area contributed by atoms with Gasteiger partial charge in [-0.25, -0.2) is 0 Å². The fraction of sp³-hybridized carbons (Fsp3) is 0.812. The lowest BCUT2D eigenvalue weighted by atomic mass is 9.85. The van der Waals surface area contributed by atoms with E-state index in [2.05, 4.69) is 49.7 Å². The molecule has 1 N–H and O–H groups in total. The monoisotopic (exact) mass is 281 g/mol. The fourth-order valence-corrected chi connectivity index (χ4v) is 2.49. The summed E-state index contributed by atoms with van der Waals surface area (Å²) in [6.45, 7) is 14.2. The van der Waals surface area contributed by atoms with Gasteiger partial charge in [0.1, 0.15) is 0 Å². The van der Waals surface area contributed by atoms with Crippen LogP contribution in [0.4, 0.5) is 0 Å². The second-order valence-electron chi connectivity index (χ2n) is 6.52. The number of rotatable bonds is 9. The lowest BCUT2D eigenvalue weighted by Gasteiger charge is -2.27. The molecule has 0 aromatic carbocycles. The van der Waals surface area contributed by atoms with Gasteiger partial charge >= 0.3 is 0 Å². The zero-order valence-corrected chi connectivity index (χ0v) is 14.0. The average molecular weight is 281 g/mol. The molecule has 0 radical (unpaired) electrons. The van der Waals surface area contributed by atoms with Crippen molar-refractivity contribution < 1.29 is 4.74 Å². The number of ether oxygens (including phenoxy) is 1. The van der Waals surface area contributed by atoms with Crippen LogP contribution < -0.4 is 10.1 Å². The van der Waals surface area contributed by atoms with E-state index in [-0.39, 0.29) is 5.41 Å². The molecule has 0 aliphatic rings. The zero-order chi connectivity index (χ0) is 15.2. The molecule has 4 heteroatoms. The van der Waals surface area contributed by atoms with E-state index in [4.69, 9.17) is 4.74 Å². The predicted molar refractivity (Wildman–Crippen MR) is 84.4 cm³/mol. The smallest absolute Gasteiger partial charge is 0.160 e. The van der Waals surface area contributed by atoms with E-state index in [9.17, 15) is 0 Å². The summed E-state index contributed by atoms with van der Waals surface area (Å²) in [5.74, 6) is 1.60. The SMILES string of the molecule is CCCn1ncc(OC)c1C(C)(C)CCNCC(C)C. The first-order chi connectivity index (χ1) is 9.42. The summed E-state index contributed by atoms with van der Waals surface area (Å²) < 4.78 is 7.60. The van der Waals surface area contributed by atoms with E-state index < -0.39 is 0 Å². The minimum absolute atomic E-state index is 0.0565. The third-order valence-electron chi connectivity index (χ3n) is 3.58. The van der Waals surface area contributed by atoms with Gasteiger partial charge in [0.15, 0.2) is 5.75 Å². The Morgan fingerprint density at radius 1 is 1.40 bits per heavy atom. The molecular formula is C16H31N3O. The summed E-state index contributed by atoms with van der Waals surface area (Å²) in [7, 11) is 1.73. The van der Waals surface area contributed by atoms with Crippen LogP contribution in [0.2, 0.25) is 0 Å².